The minimum absolute atomic E-state index is 0.249. The van der Waals surface area contributed by atoms with Crippen molar-refractivity contribution in [1.29, 1.82) is 0 Å². The predicted octanol–water partition coefficient (Wildman–Crippen LogP) is 2.02. The summed E-state index contributed by atoms with van der Waals surface area (Å²) in [5.74, 6) is 0.899. The first-order valence-electron chi connectivity index (χ1n) is 5.78. The van der Waals surface area contributed by atoms with Gasteiger partial charge >= 0.3 is 6.01 Å². The summed E-state index contributed by atoms with van der Waals surface area (Å²) < 4.78 is 7.38. The van der Waals surface area contributed by atoms with Crippen LogP contribution in [-0.4, -0.2) is 20.0 Å². The smallest absolute Gasteiger partial charge is 0.315 e. The van der Waals surface area contributed by atoms with Crippen LogP contribution in [0.5, 0.6) is 0 Å². The van der Waals surface area contributed by atoms with Gasteiger partial charge in [0.25, 0.3) is 0 Å². The maximum Gasteiger partial charge on any atom is 0.315 e. The summed E-state index contributed by atoms with van der Waals surface area (Å²) in [6, 6.07) is 2.42. The van der Waals surface area contributed by atoms with Crippen molar-refractivity contribution >= 4 is 6.01 Å². The fourth-order valence-electron chi connectivity index (χ4n) is 1.50. The van der Waals surface area contributed by atoms with E-state index < -0.39 is 0 Å². The fraction of sp³-hybridized carbons (Fsp3) is 0.545. The Hall–Kier alpha value is -1.85. The van der Waals surface area contributed by atoms with Gasteiger partial charge in [0.15, 0.2) is 0 Å². The second kappa shape index (κ2) is 4.99. The summed E-state index contributed by atoms with van der Waals surface area (Å²) in [5, 5.41) is 15.2. The van der Waals surface area contributed by atoms with Crippen molar-refractivity contribution in [2.45, 2.75) is 39.8 Å². The van der Waals surface area contributed by atoms with Gasteiger partial charge in [0.05, 0.1) is 12.2 Å². The monoisotopic (exact) mass is 235 g/mol. The molecule has 6 nitrogen and oxygen atoms in total. The SMILES string of the molecule is CCn1nccc1CNc1nnc(C(C)C)o1. The molecular weight excluding hydrogens is 218 g/mol. The summed E-state index contributed by atoms with van der Waals surface area (Å²) in [5.41, 5.74) is 1.09. The van der Waals surface area contributed by atoms with Gasteiger partial charge in [-0.25, -0.2) is 0 Å². The van der Waals surface area contributed by atoms with Crippen molar-refractivity contribution < 1.29 is 4.42 Å². The van der Waals surface area contributed by atoms with Crippen LogP contribution in [0.2, 0.25) is 0 Å². The second-order valence-corrected chi connectivity index (χ2v) is 4.09. The summed E-state index contributed by atoms with van der Waals surface area (Å²) in [6.07, 6.45) is 1.79. The third kappa shape index (κ3) is 2.64. The Morgan fingerprint density at radius 1 is 1.41 bits per heavy atom. The molecule has 92 valence electrons. The number of aryl methyl sites for hydroxylation is 1. The molecule has 2 heterocycles. The van der Waals surface area contributed by atoms with Gasteiger partial charge in [-0.1, -0.05) is 18.9 Å². The number of aromatic nitrogens is 4. The van der Waals surface area contributed by atoms with Crippen LogP contribution in [0.3, 0.4) is 0 Å². The third-order valence-corrected chi connectivity index (χ3v) is 2.46. The lowest BCUT2D eigenvalue weighted by Crippen LogP contribution is -2.07. The molecule has 2 rings (SSSR count). The summed E-state index contributed by atoms with van der Waals surface area (Å²) in [6.45, 7) is 7.58. The molecular formula is C11H17N5O. The minimum Gasteiger partial charge on any atom is -0.408 e. The standard InChI is InChI=1S/C11H17N5O/c1-4-16-9(5-6-13-16)7-12-11-15-14-10(17-11)8(2)3/h5-6,8H,4,7H2,1-3H3,(H,12,15). The lowest BCUT2D eigenvalue weighted by atomic mass is 10.2. The largest absolute Gasteiger partial charge is 0.408 e. The van der Waals surface area contributed by atoms with E-state index in [1.165, 1.54) is 0 Å². The van der Waals surface area contributed by atoms with Crippen LogP contribution in [0.25, 0.3) is 0 Å². The van der Waals surface area contributed by atoms with Crippen LogP contribution in [0.15, 0.2) is 16.7 Å². The molecule has 0 saturated carbocycles. The highest BCUT2D eigenvalue weighted by molar-refractivity contribution is 5.20. The molecule has 0 unspecified atom stereocenters. The Labute approximate surface area is 100 Å². The minimum atomic E-state index is 0.249. The van der Waals surface area contributed by atoms with Gasteiger partial charge < -0.3 is 9.73 Å². The Morgan fingerprint density at radius 3 is 2.88 bits per heavy atom. The van der Waals surface area contributed by atoms with Gasteiger partial charge in [-0.2, -0.15) is 5.10 Å². The Kier molecular flexibility index (Phi) is 3.41. The van der Waals surface area contributed by atoms with Gasteiger partial charge in [-0.15, -0.1) is 5.10 Å². The molecule has 0 aliphatic heterocycles. The average molecular weight is 235 g/mol. The highest BCUT2D eigenvalue weighted by Crippen LogP contribution is 2.15. The zero-order valence-corrected chi connectivity index (χ0v) is 10.3. The van der Waals surface area contributed by atoms with Gasteiger partial charge in [0.2, 0.25) is 5.89 Å². The molecule has 0 bridgehead atoms. The van der Waals surface area contributed by atoms with E-state index in [1.54, 1.807) is 6.20 Å². The van der Waals surface area contributed by atoms with Crippen molar-refractivity contribution in [3.8, 4) is 0 Å². The lowest BCUT2D eigenvalue weighted by molar-refractivity contribution is 0.479. The first kappa shape index (κ1) is 11.6. The zero-order chi connectivity index (χ0) is 12.3. The zero-order valence-electron chi connectivity index (χ0n) is 10.3. The van der Waals surface area contributed by atoms with E-state index in [4.69, 9.17) is 4.42 Å². The highest BCUT2D eigenvalue weighted by Gasteiger charge is 2.09. The average Bonchev–Trinajstić information content (AvgIpc) is 2.95. The Balaban J connectivity index is 1.97. The van der Waals surface area contributed by atoms with Crippen LogP contribution in [-0.2, 0) is 13.1 Å². The van der Waals surface area contributed by atoms with Gasteiger partial charge in [-0.3, -0.25) is 4.68 Å². The van der Waals surface area contributed by atoms with E-state index in [1.807, 2.05) is 24.6 Å². The van der Waals surface area contributed by atoms with E-state index in [0.29, 0.717) is 18.5 Å². The number of nitrogens with zero attached hydrogens (tertiary/aromatic N) is 4. The summed E-state index contributed by atoms with van der Waals surface area (Å²) in [7, 11) is 0. The molecule has 0 fully saturated rings. The van der Waals surface area contributed by atoms with Gasteiger partial charge in [0.1, 0.15) is 0 Å². The van der Waals surface area contributed by atoms with Crippen LogP contribution in [0.4, 0.5) is 6.01 Å². The van der Waals surface area contributed by atoms with E-state index >= 15 is 0 Å². The third-order valence-electron chi connectivity index (χ3n) is 2.46. The molecule has 0 aliphatic carbocycles. The van der Waals surface area contributed by atoms with Crippen LogP contribution in [0, 0.1) is 0 Å². The van der Waals surface area contributed by atoms with Crippen molar-refractivity contribution in [2.24, 2.45) is 0 Å². The van der Waals surface area contributed by atoms with Gasteiger partial charge in [-0.05, 0) is 13.0 Å². The molecule has 6 heteroatoms. The molecule has 0 spiro atoms. The molecule has 0 amide bonds. The molecule has 0 aromatic carbocycles. The normalized spacial score (nSPS) is 11.1. The predicted molar refractivity (Wildman–Crippen MR) is 63.6 cm³/mol. The number of hydrogen-bond acceptors (Lipinski definition) is 5. The highest BCUT2D eigenvalue weighted by atomic mass is 16.4. The lowest BCUT2D eigenvalue weighted by Gasteiger charge is -2.04. The molecule has 0 atom stereocenters. The number of anilines is 1. The van der Waals surface area contributed by atoms with Crippen LogP contribution >= 0.6 is 0 Å². The maximum absolute atomic E-state index is 5.45. The van der Waals surface area contributed by atoms with Crippen molar-refractivity contribution in [3.63, 3.8) is 0 Å². The van der Waals surface area contributed by atoms with E-state index in [0.717, 1.165) is 12.2 Å². The fourth-order valence-corrected chi connectivity index (χ4v) is 1.50. The molecule has 0 aliphatic rings. The Bertz CT molecular complexity index is 474. The van der Waals surface area contributed by atoms with Gasteiger partial charge in [0, 0.05) is 18.7 Å². The van der Waals surface area contributed by atoms with E-state index in [2.05, 4.69) is 27.5 Å². The van der Waals surface area contributed by atoms with Crippen molar-refractivity contribution in [2.75, 3.05) is 5.32 Å². The molecule has 0 saturated heterocycles. The van der Waals surface area contributed by atoms with Crippen molar-refractivity contribution in [1.82, 2.24) is 20.0 Å². The summed E-state index contributed by atoms with van der Waals surface area (Å²) >= 11 is 0. The number of nitrogens with one attached hydrogen (secondary N) is 1. The van der Waals surface area contributed by atoms with E-state index in [-0.39, 0.29) is 5.92 Å². The van der Waals surface area contributed by atoms with Crippen LogP contribution in [0.1, 0.15) is 38.3 Å². The maximum atomic E-state index is 5.45. The molecule has 1 N–H and O–H groups in total. The number of rotatable bonds is 5. The first-order valence-corrected chi connectivity index (χ1v) is 5.78. The summed E-state index contributed by atoms with van der Waals surface area (Å²) in [4.78, 5) is 0. The second-order valence-electron chi connectivity index (χ2n) is 4.09. The first-order chi connectivity index (χ1) is 8.20. The van der Waals surface area contributed by atoms with E-state index in [9.17, 15) is 0 Å². The molecule has 2 aromatic heterocycles. The molecule has 0 radical (unpaired) electrons. The number of hydrogen-bond donors (Lipinski definition) is 1. The Morgan fingerprint density at radius 2 is 2.24 bits per heavy atom. The molecule has 17 heavy (non-hydrogen) atoms. The molecule has 2 aromatic rings. The quantitative estimate of drug-likeness (QED) is 0.858. The van der Waals surface area contributed by atoms with Crippen molar-refractivity contribution in [3.05, 3.63) is 23.8 Å². The topological polar surface area (TPSA) is 68.8 Å². The van der Waals surface area contributed by atoms with Crippen LogP contribution < -0.4 is 5.32 Å².